The molecule has 114 valence electrons. The Morgan fingerprint density at radius 2 is 1.18 bits per heavy atom. The van der Waals surface area contributed by atoms with Gasteiger partial charge in [-0.05, 0) is 54.4 Å². The van der Waals surface area contributed by atoms with E-state index < -0.39 is 0 Å². The van der Waals surface area contributed by atoms with Gasteiger partial charge in [0.25, 0.3) is 0 Å². The number of nitrogens with zero attached hydrogens (tertiary/aromatic N) is 1. The van der Waals surface area contributed by atoms with E-state index in [2.05, 4.69) is 74.3 Å². The van der Waals surface area contributed by atoms with E-state index in [0.717, 1.165) is 0 Å². The normalized spacial score (nSPS) is 21.3. The molecule has 1 saturated carbocycles. The summed E-state index contributed by atoms with van der Waals surface area (Å²) in [4.78, 5) is 2.37. The van der Waals surface area contributed by atoms with Crippen molar-refractivity contribution in [3.63, 3.8) is 0 Å². The molecule has 0 N–H and O–H groups in total. The summed E-state index contributed by atoms with van der Waals surface area (Å²) in [5, 5.41) is 0. The van der Waals surface area contributed by atoms with E-state index >= 15 is 0 Å². The third-order valence-corrected chi connectivity index (χ3v) is 6.02. The molecule has 1 aliphatic heterocycles. The molecular formula is C21H25N. The van der Waals surface area contributed by atoms with Gasteiger partial charge in [0.05, 0.1) is 0 Å². The molecule has 0 radical (unpaired) electrons. The van der Waals surface area contributed by atoms with Crippen LogP contribution in [0, 0.1) is 5.41 Å². The van der Waals surface area contributed by atoms with Crippen LogP contribution in [-0.4, -0.2) is 7.05 Å². The van der Waals surface area contributed by atoms with E-state index in [1.807, 2.05) is 0 Å². The van der Waals surface area contributed by atoms with E-state index in [9.17, 15) is 0 Å². The van der Waals surface area contributed by atoms with E-state index in [0.29, 0.717) is 5.41 Å². The van der Waals surface area contributed by atoms with Crippen LogP contribution in [0.1, 0.15) is 50.7 Å². The van der Waals surface area contributed by atoms with Gasteiger partial charge in [-0.3, -0.25) is 0 Å². The molecule has 0 amide bonds. The molecule has 2 aliphatic rings. The van der Waals surface area contributed by atoms with Gasteiger partial charge in [0, 0.05) is 23.8 Å². The van der Waals surface area contributed by atoms with Crippen LogP contribution in [-0.2, 0) is 5.41 Å². The molecule has 1 fully saturated rings. The van der Waals surface area contributed by atoms with Gasteiger partial charge in [-0.15, -0.1) is 0 Å². The maximum absolute atomic E-state index is 2.42. The first-order chi connectivity index (χ1) is 10.5. The van der Waals surface area contributed by atoms with Crippen molar-refractivity contribution in [3.8, 4) is 0 Å². The fourth-order valence-corrected chi connectivity index (χ4v) is 4.51. The second kappa shape index (κ2) is 4.62. The second-order valence-corrected chi connectivity index (χ2v) is 7.84. The highest BCUT2D eigenvalue weighted by Gasteiger charge is 2.45. The molecule has 1 heteroatoms. The van der Waals surface area contributed by atoms with Gasteiger partial charge in [-0.1, -0.05) is 50.2 Å². The Morgan fingerprint density at radius 1 is 0.727 bits per heavy atom. The first-order valence-electron chi connectivity index (χ1n) is 8.46. The predicted octanol–water partition coefficient (Wildman–Crippen LogP) is 5.65. The van der Waals surface area contributed by atoms with Crippen LogP contribution in [0.4, 0.5) is 11.4 Å². The van der Waals surface area contributed by atoms with Crippen LogP contribution in [0.2, 0.25) is 0 Å². The number of hydrogen-bond donors (Lipinski definition) is 0. The highest BCUT2D eigenvalue weighted by molar-refractivity contribution is 5.77. The van der Waals surface area contributed by atoms with E-state index in [1.165, 1.54) is 48.2 Å². The minimum Gasteiger partial charge on any atom is -0.344 e. The summed E-state index contributed by atoms with van der Waals surface area (Å²) in [5.41, 5.74) is 6.55. The molecule has 0 atom stereocenters. The van der Waals surface area contributed by atoms with Crippen LogP contribution in [0.3, 0.4) is 0 Å². The van der Waals surface area contributed by atoms with Crippen molar-refractivity contribution in [1.82, 2.24) is 0 Å². The van der Waals surface area contributed by atoms with E-state index in [-0.39, 0.29) is 5.41 Å². The molecular weight excluding hydrogens is 266 g/mol. The molecule has 2 aromatic carbocycles. The second-order valence-electron chi connectivity index (χ2n) is 7.84. The maximum Gasteiger partial charge on any atom is 0.0449 e. The van der Waals surface area contributed by atoms with Gasteiger partial charge in [0.2, 0.25) is 0 Å². The van der Waals surface area contributed by atoms with Crippen LogP contribution in [0.15, 0.2) is 48.5 Å². The fraction of sp³-hybridized carbons (Fsp3) is 0.429. The van der Waals surface area contributed by atoms with Crippen molar-refractivity contribution in [2.75, 3.05) is 11.9 Å². The SMILES string of the molecule is CN1c2ccccc2C2(CCC(C)(C)CC2)c2ccccc21. The van der Waals surface area contributed by atoms with Crippen LogP contribution < -0.4 is 4.90 Å². The average molecular weight is 291 g/mol. The third-order valence-electron chi connectivity index (χ3n) is 6.02. The lowest BCUT2D eigenvalue weighted by Crippen LogP contribution is -2.40. The van der Waals surface area contributed by atoms with Gasteiger partial charge >= 0.3 is 0 Å². The first-order valence-corrected chi connectivity index (χ1v) is 8.46. The number of para-hydroxylation sites is 2. The highest BCUT2D eigenvalue weighted by Crippen LogP contribution is 2.57. The molecule has 2 aromatic rings. The average Bonchev–Trinajstić information content (AvgIpc) is 2.54. The summed E-state index contributed by atoms with van der Waals surface area (Å²) < 4.78 is 0. The Morgan fingerprint density at radius 3 is 1.68 bits per heavy atom. The topological polar surface area (TPSA) is 3.24 Å². The summed E-state index contributed by atoms with van der Waals surface area (Å²) in [6, 6.07) is 18.1. The molecule has 1 heterocycles. The molecule has 0 aromatic heterocycles. The number of rotatable bonds is 0. The van der Waals surface area contributed by atoms with Crippen molar-refractivity contribution >= 4 is 11.4 Å². The number of anilines is 2. The van der Waals surface area contributed by atoms with E-state index in [4.69, 9.17) is 0 Å². The van der Waals surface area contributed by atoms with Crippen molar-refractivity contribution in [2.45, 2.75) is 44.9 Å². The van der Waals surface area contributed by atoms with Crippen LogP contribution in [0.5, 0.6) is 0 Å². The zero-order chi connectivity index (χ0) is 15.4. The van der Waals surface area contributed by atoms with Crippen molar-refractivity contribution in [2.24, 2.45) is 5.41 Å². The predicted molar refractivity (Wildman–Crippen MR) is 94.0 cm³/mol. The van der Waals surface area contributed by atoms with Crippen molar-refractivity contribution < 1.29 is 0 Å². The zero-order valence-corrected chi connectivity index (χ0v) is 13.9. The minimum absolute atomic E-state index is 0.217. The van der Waals surface area contributed by atoms with Crippen molar-refractivity contribution in [1.29, 1.82) is 0 Å². The largest absolute Gasteiger partial charge is 0.344 e. The molecule has 22 heavy (non-hydrogen) atoms. The summed E-state index contributed by atoms with van der Waals surface area (Å²) >= 11 is 0. The lowest BCUT2D eigenvalue weighted by Gasteiger charge is -2.49. The summed E-state index contributed by atoms with van der Waals surface area (Å²) in [5.74, 6) is 0. The molecule has 1 nitrogen and oxygen atoms in total. The standard InChI is InChI=1S/C21H25N/c1-20(2)12-14-21(15-13-20)16-8-4-6-10-18(16)22(3)19-11-7-5-9-17(19)21/h4-11H,12-15H2,1-3H3. The van der Waals surface area contributed by atoms with Gasteiger partial charge in [-0.2, -0.15) is 0 Å². The molecule has 1 spiro atoms. The van der Waals surface area contributed by atoms with Gasteiger partial charge in [-0.25, -0.2) is 0 Å². The summed E-state index contributed by atoms with van der Waals surface area (Å²) in [7, 11) is 2.21. The fourth-order valence-electron chi connectivity index (χ4n) is 4.51. The smallest absolute Gasteiger partial charge is 0.0449 e. The summed E-state index contributed by atoms with van der Waals surface area (Å²) in [6.45, 7) is 4.85. The van der Waals surface area contributed by atoms with Crippen molar-refractivity contribution in [3.05, 3.63) is 59.7 Å². The minimum atomic E-state index is 0.217. The molecule has 0 saturated heterocycles. The Kier molecular flexibility index (Phi) is 2.91. The lowest BCUT2D eigenvalue weighted by molar-refractivity contribution is 0.185. The Labute approximate surface area is 134 Å². The lowest BCUT2D eigenvalue weighted by atomic mass is 9.58. The maximum atomic E-state index is 2.42. The third kappa shape index (κ3) is 1.84. The summed E-state index contributed by atoms with van der Waals surface area (Å²) in [6.07, 6.45) is 5.14. The molecule has 1 aliphatic carbocycles. The number of hydrogen-bond acceptors (Lipinski definition) is 1. The van der Waals surface area contributed by atoms with Crippen LogP contribution >= 0.6 is 0 Å². The number of fused-ring (bicyclic) bond motifs is 4. The monoisotopic (exact) mass is 291 g/mol. The Hall–Kier alpha value is -1.76. The zero-order valence-electron chi connectivity index (χ0n) is 13.9. The van der Waals surface area contributed by atoms with E-state index in [1.54, 1.807) is 0 Å². The van der Waals surface area contributed by atoms with Gasteiger partial charge < -0.3 is 4.90 Å². The molecule has 4 rings (SSSR count). The first kappa shape index (κ1) is 13.9. The van der Waals surface area contributed by atoms with Gasteiger partial charge in [0.15, 0.2) is 0 Å². The number of benzene rings is 2. The quantitative estimate of drug-likeness (QED) is 0.606. The molecule has 0 unspecified atom stereocenters. The van der Waals surface area contributed by atoms with Gasteiger partial charge in [0.1, 0.15) is 0 Å². The Bertz CT molecular complexity index is 654. The Balaban J connectivity index is 1.94. The molecule has 0 bridgehead atoms. The van der Waals surface area contributed by atoms with Crippen LogP contribution in [0.25, 0.3) is 0 Å². The highest BCUT2D eigenvalue weighted by atomic mass is 15.1.